The number of nitrogens with zero attached hydrogens (tertiary/aromatic N) is 4. The van der Waals surface area contributed by atoms with E-state index in [1.54, 1.807) is 4.90 Å². The van der Waals surface area contributed by atoms with Crippen LogP contribution in [0.4, 0.5) is 5.69 Å². The molecule has 1 aromatic carbocycles. The first-order chi connectivity index (χ1) is 10.1. The van der Waals surface area contributed by atoms with Crippen LogP contribution in [0.2, 0.25) is 0 Å². The van der Waals surface area contributed by atoms with Crippen molar-refractivity contribution in [1.82, 2.24) is 15.0 Å². The first-order valence-electron chi connectivity index (χ1n) is 6.62. The fraction of sp³-hybridized carbons (Fsp3) is 0.286. The Labute approximate surface area is 120 Å². The lowest BCUT2D eigenvalue weighted by molar-refractivity contribution is -0.136. The highest BCUT2D eigenvalue weighted by molar-refractivity contribution is 5.95. The van der Waals surface area contributed by atoms with Crippen molar-refractivity contribution in [3.63, 3.8) is 0 Å². The van der Waals surface area contributed by atoms with Crippen LogP contribution >= 0.6 is 0 Å². The summed E-state index contributed by atoms with van der Waals surface area (Å²) in [7, 11) is 0. The standard InChI is InChI=1S/C14H14N4O3/c19-13(9-17-8-11(15-16-17)7-14(20)21)18-6-5-10-3-1-2-4-12(10)18/h1-4,8H,5-7,9H2,(H,20,21). The Morgan fingerprint density at radius 3 is 2.90 bits per heavy atom. The van der Waals surface area contributed by atoms with Crippen molar-refractivity contribution in [2.24, 2.45) is 0 Å². The fourth-order valence-electron chi connectivity index (χ4n) is 2.47. The number of carbonyl (C=O) groups is 2. The number of aromatic nitrogens is 3. The third-order valence-electron chi connectivity index (χ3n) is 3.40. The first-order valence-corrected chi connectivity index (χ1v) is 6.62. The monoisotopic (exact) mass is 286 g/mol. The van der Waals surface area contributed by atoms with Gasteiger partial charge in [-0.1, -0.05) is 23.4 Å². The maximum atomic E-state index is 12.3. The Bertz CT molecular complexity index is 695. The van der Waals surface area contributed by atoms with Crippen molar-refractivity contribution in [2.75, 3.05) is 11.4 Å². The third-order valence-corrected chi connectivity index (χ3v) is 3.40. The van der Waals surface area contributed by atoms with Gasteiger partial charge in [-0.25, -0.2) is 4.68 Å². The molecule has 1 amide bonds. The van der Waals surface area contributed by atoms with Gasteiger partial charge in [-0.15, -0.1) is 5.10 Å². The van der Waals surface area contributed by atoms with Crippen LogP contribution < -0.4 is 4.90 Å². The molecule has 1 aliphatic rings. The lowest BCUT2D eigenvalue weighted by Gasteiger charge is -2.16. The van der Waals surface area contributed by atoms with Gasteiger partial charge in [0.05, 0.1) is 12.1 Å². The second kappa shape index (κ2) is 5.35. The SMILES string of the molecule is O=C(O)Cc1cn(CC(=O)N2CCc3ccccc32)nn1. The Hall–Kier alpha value is -2.70. The predicted molar refractivity (Wildman–Crippen MR) is 73.9 cm³/mol. The molecule has 0 aliphatic carbocycles. The predicted octanol–water partition coefficient (Wildman–Crippen LogP) is 0.494. The highest BCUT2D eigenvalue weighted by Gasteiger charge is 2.24. The minimum absolute atomic E-state index is 0.0565. The smallest absolute Gasteiger partial charge is 0.309 e. The van der Waals surface area contributed by atoms with Gasteiger partial charge < -0.3 is 10.0 Å². The van der Waals surface area contributed by atoms with Gasteiger partial charge in [-0.3, -0.25) is 9.59 Å². The van der Waals surface area contributed by atoms with E-state index in [0.29, 0.717) is 12.2 Å². The van der Waals surface area contributed by atoms with Gasteiger partial charge in [-0.05, 0) is 18.1 Å². The molecule has 3 rings (SSSR count). The second-order valence-corrected chi connectivity index (χ2v) is 4.90. The van der Waals surface area contributed by atoms with E-state index in [-0.39, 0.29) is 18.9 Å². The van der Waals surface area contributed by atoms with E-state index in [4.69, 9.17) is 5.11 Å². The van der Waals surface area contributed by atoms with E-state index in [0.717, 1.165) is 17.7 Å². The number of carboxylic acids is 1. The molecular weight excluding hydrogens is 272 g/mol. The number of anilines is 1. The molecule has 0 unspecified atom stereocenters. The molecule has 0 saturated heterocycles. The molecule has 2 heterocycles. The molecule has 0 spiro atoms. The minimum Gasteiger partial charge on any atom is -0.481 e. The molecule has 7 heteroatoms. The zero-order valence-electron chi connectivity index (χ0n) is 11.3. The van der Waals surface area contributed by atoms with Crippen LogP contribution in [-0.4, -0.2) is 38.5 Å². The number of fused-ring (bicyclic) bond motifs is 1. The Kier molecular flexibility index (Phi) is 3.39. The van der Waals surface area contributed by atoms with Gasteiger partial charge in [0.15, 0.2) is 0 Å². The summed E-state index contributed by atoms with van der Waals surface area (Å²) in [6.07, 6.45) is 2.15. The summed E-state index contributed by atoms with van der Waals surface area (Å²) in [6, 6.07) is 7.81. The number of rotatable bonds is 4. The van der Waals surface area contributed by atoms with Gasteiger partial charge in [0, 0.05) is 18.4 Å². The van der Waals surface area contributed by atoms with Crippen molar-refractivity contribution < 1.29 is 14.7 Å². The molecular formula is C14H14N4O3. The van der Waals surface area contributed by atoms with Crippen LogP contribution in [0, 0.1) is 0 Å². The lowest BCUT2D eigenvalue weighted by atomic mass is 10.2. The van der Waals surface area contributed by atoms with Gasteiger partial charge in [0.1, 0.15) is 6.54 Å². The van der Waals surface area contributed by atoms with Gasteiger partial charge in [0.2, 0.25) is 5.91 Å². The van der Waals surface area contributed by atoms with Crippen molar-refractivity contribution in [3.05, 3.63) is 41.7 Å². The fourth-order valence-corrected chi connectivity index (χ4v) is 2.47. The first kappa shape index (κ1) is 13.3. The van der Waals surface area contributed by atoms with E-state index in [1.165, 1.54) is 10.9 Å². The van der Waals surface area contributed by atoms with Crippen LogP contribution in [0.1, 0.15) is 11.3 Å². The summed E-state index contributed by atoms with van der Waals surface area (Å²) >= 11 is 0. The van der Waals surface area contributed by atoms with E-state index in [1.807, 2.05) is 24.3 Å². The maximum absolute atomic E-state index is 12.3. The molecule has 0 atom stereocenters. The highest BCUT2D eigenvalue weighted by Crippen LogP contribution is 2.27. The molecule has 7 nitrogen and oxygen atoms in total. The summed E-state index contributed by atoms with van der Waals surface area (Å²) < 4.78 is 1.38. The van der Waals surface area contributed by atoms with E-state index in [2.05, 4.69) is 10.3 Å². The maximum Gasteiger partial charge on any atom is 0.309 e. The highest BCUT2D eigenvalue weighted by atomic mass is 16.4. The molecule has 1 aromatic heterocycles. The zero-order valence-corrected chi connectivity index (χ0v) is 11.3. The molecule has 0 fully saturated rings. The lowest BCUT2D eigenvalue weighted by Crippen LogP contribution is -2.32. The second-order valence-electron chi connectivity index (χ2n) is 4.90. The molecule has 1 aliphatic heterocycles. The van der Waals surface area contributed by atoms with Crippen molar-refractivity contribution in [1.29, 1.82) is 0 Å². The Morgan fingerprint density at radius 1 is 1.29 bits per heavy atom. The topological polar surface area (TPSA) is 88.3 Å². The number of carbonyl (C=O) groups excluding carboxylic acids is 1. The van der Waals surface area contributed by atoms with E-state index < -0.39 is 5.97 Å². The molecule has 0 radical (unpaired) electrons. The number of amides is 1. The largest absolute Gasteiger partial charge is 0.481 e. The average molecular weight is 286 g/mol. The van der Waals surface area contributed by atoms with Crippen LogP contribution in [0.15, 0.2) is 30.5 Å². The number of benzene rings is 1. The summed E-state index contributed by atoms with van der Waals surface area (Å²) in [6.45, 7) is 0.718. The van der Waals surface area contributed by atoms with Crippen molar-refractivity contribution >= 4 is 17.6 Å². The summed E-state index contributed by atoms with van der Waals surface area (Å²) in [5.41, 5.74) is 2.45. The minimum atomic E-state index is -0.971. The quantitative estimate of drug-likeness (QED) is 0.884. The summed E-state index contributed by atoms with van der Waals surface area (Å²) in [5, 5.41) is 16.2. The van der Waals surface area contributed by atoms with Crippen LogP contribution in [-0.2, 0) is 29.0 Å². The number of hydrogen-bond acceptors (Lipinski definition) is 4. The van der Waals surface area contributed by atoms with E-state index in [9.17, 15) is 9.59 Å². The van der Waals surface area contributed by atoms with Crippen LogP contribution in [0.5, 0.6) is 0 Å². The molecule has 0 saturated carbocycles. The molecule has 21 heavy (non-hydrogen) atoms. The van der Waals surface area contributed by atoms with Crippen LogP contribution in [0.25, 0.3) is 0 Å². The van der Waals surface area contributed by atoms with Crippen molar-refractivity contribution in [2.45, 2.75) is 19.4 Å². The molecule has 2 aromatic rings. The van der Waals surface area contributed by atoms with Crippen molar-refractivity contribution in [3.8, 4) is 0 Å². The molecule has 1 N–H and O–H groups in total. The number of carboxylic acid groups (broad SMARTS) is 1. The average Bonchev–Trinajstić information content (AvgIpc) is 3.04. The normalized spacial score (nSPS) is 13.2. The van der Waals surface area contributed by atoms with Gasteiger partial charge in [-0.2, -0.15) is 0 Å². The number of aliphatic carboxylic acids is 1. The van der Waals surface area contributed by atoms with Gasteiger partial charge in [0.25, 0.3) is 0 Å². The Morgan fingerprint density at radius 2 is 2.10 bits per heavy atom. The molecule has 108 valence electrons. The molecule has 0 bridgehead atoms. The Balaban J connectivity index is 1.70. The van der Waals surface area contributed by atoms with E-state index >= 15 is 0 Å². The van der Waals surface area contributed by atoms with Crippen LogP contribution in [0.3, 0.4) is 0 Å². The van der Waals surface area contributed by atoms with Gasteiger partial charge >= 0.3 is 5.97 Å². The third kappa shape index (κ3) is 2.76. The number of para-hydroxylation sites is 1. The zero-order chi connectivity index (χ0) is 14.8. The summed E-state index contributed by atoms with van der Waals surface area (Å²) in [4.78, 5) is 24.7. The number of hydrogen-bond donors (Lipinski definition) is 1. The summed E-state index contributed by atoms with van der Waals surface area (Å²) in [5.74, 6) is -1.05.